The summed E-state index contributed by atoms with van der Waals surface area (Å²) in [6, 6.07) is 4.44. The topological polar surface area (TPSA) is 58.1 Å². The lowest BCUT2D eigenvalue weighted by Gasteiger charge is -2.02. The number of halogens is 2. The van der Waals surface area contributed by atoms with E-state index in [9.17, 15) is 4.39 Å². The highest BCUT2D eigenvalue weighted by atomic mass is 35.5. The van der Waals surface area contributed by atoms with E-state index in [1.165, 1.54) is 19.2 Å². The molecule has 17 heavy (non-hydrogen) atoms. The van der Waals surface area contributed by atoms with Gasteiger partial charge in [-0.05, 0) is 18.2 Å². The van der Waals surface area contributed by atoms with Crippen LogP contribution in [-0.2, 0) is 6.61 Å². The summed E-state index contributed by atoms with van der Waals surface area (Å²) in [5.74, 6) is 0.0810. The van der Waals surface area contributed by atoms with Crippen LogP contribution in [0, 0.1) is 5.82 Å². The van der Waals surface area contributed by atoms with Gasteiger partial charge in [0, 0.05) is 5.56 Å². The average Bonchev–Trinajstić information content (AvgIpc) is 2.70. The van der Waals surface area contributed by atoms with E-state index in [0.717, 1.165) is 0 Å². The first kappa shape index (κ1) is 11.9. The SMILES string of the molecule is COc1ccc(-c2nc(Cl)c(CO)[nH]2)cc1F. The highest BCUT2D eigenvalue weighted by Gasteiger charge is 2.11. The maximum absolute atomic E-state index is 13.5. The molecule has 0 unspecified atom stereocenters. The van der Waals surface area contributed by atoms with Crippen molar-refractivity contribution in [1.29, 1.82) is 0 Å². The minimum atomic E-state index is -0.483. The van der Waals surface area contributed by atoms with Crippen molar-refractivity contribution >= 4 is 11.6 Å². The van der Waals surface area contributed by atoms with Crippen molar-refractivity contribution in [3.05, 3.63) is 34.9 Å². The molecule has 0 atom stereocenters. The molecule has 0 saturated carbocycles. The van der Waals surface area contributed by atoms with Crippen LogP contribution >= 0.6 is 11.6 Å². The number of nitrogens with one attached hydrogen (secondary N) is 1. The van der Waals surface area contributed by atoms with Crippen LogP contribution in [0.1, 0.15) is 5.69 Å². The highest BCUT2D eigenvalue weighted by molar-refractivity contribution is 6.30. The van der Waals surface area contributed by atoms with Crippen LogP contribution in [0.3, 0.4) is 0 Å². The van der Waals surface area contributed by atoms with Gasteiger partial charge < -0.3 is 14.8 Å². The van der Waals surface area contributed by atoms with Crippen molar-refractivity contribution in [3.8, 4) is 17.1 Å². The van der Waals surface area contributed by atoms with Gasteiger partial charge >= 0.3 is 0 Å². The smallest absolute Gasteiger partial charge is 0.165 e. The maximum Gasteiger partial charge on any atom is 0.165 e. The van der Waals surface area contributed by atoms with E-state index in [2.05, 4.69) is 9.97 Å². The lowest BCUT2D eigenvalue weighted by Crippen LogP contribution is -1.89. The van der Waals surface area contributed by atoms with E-state index in [0.29, 0.717) is 17.1 Å². The molecule has 0 spiro atoms. The van der Waals surface area contributed by atoms with Crippen molar-refractivity contribution < 1.29 is 14.2 Å². The number of aliphatic hydroxyl groups excluding tert-OH is 1. The average molecular weight is 257 g/mol. The number of hydrogen-bond acceptors (Lipinski definition) is 3. The highest BCUT2D eigenvalue weighted by Crippen LogP contribution is 2.25. The Labute approximate surface area is 102 Å². The molecular formula is C11H10ClFN2O2. The third kappa shape index (κ3) is 2.25. The number of aromatic nitrogens is 2. The van der Waals surface area contributed by atoms with Gasteiger partial charge in [0.1, 0.15) is 5.82 Å². The molecule has 6 heteroatoms. The van der Waals surface area contributed by atoms with E-state index in [-0.39, 0.29) is 17.5 Å². The Balaban J connectivity index is 2.42. The monoisotopic (exact) mass is 256 g/mol. The number of imidazole rings is 1. The molecule has 0 aliphatic rings. The zero-order chi connectivity index (χ0) is 12.4. The summed E-state index contributed by atoms with van der Waals surface area (Å²) in [6.45, 7) is -0.246. The number of ether oxygens (including phenoxy) is 1. The summed E-state index contributed by atoms with van der Waals surface area (Å²) in [5.41, 5.74) is 0.933. The predicted octanol–water partition coefficient (Wildman–Crippen LogP) is 2.37. The van der Waals surface area contributed by atoms with Gasteiger partial charge in [-0.3, -0.25) is 0 Å². The van der Waals surface area contributed by atoms with E-state index in [1.807, 2.05) is 0 Å². The van der Waals surface area contributed by atoms with Crippen molar-refractivity contribution in [1.82, 2.24) is 9.97 Å². The third-order valence-electron chi connectivity index (χ3n) is 2.31. The van der Waals surface area contributed by atoms with Crippen LogP contribution in [0.4, 0.5) is 4.39 Å². The summed E-state index contributed by atoms with van der Waals surface area (Å²) in [5, 5.41) is 9.15. The zero-order valence-electron chi connectivity index (χ0n) is 9.00. The van der Waals surface area contributed by atoms with Gasteiger partial charge in [-0.25, -0.2) is 9.37 Å². The Morgan fingerprint density at radius 2 is 2.29 bits per heavy atom. The van der Waals surface area contributed by atoms with Gasteiger partial charge in [0.2, 0.25) is 0 Å². The lowest BCUT2D eigenvalue weighted by atomic mass is 10.2. The second kappa shape index (κ2) is 4.73. The summed E-state index contributed by atoms with van der Waals surface area (Å²) in [4.78, 5) is 6.80. The largest absolute Gasteiger partial charge is 0.494 e. The Kier molecular flexibility index (Phi) is 3.31. The van der Waals surface area contributed by atoms with Crippen LogP contribution in [0.2, 0.25) is 5.15 Å². The number of aromatic amines is 1. The first-order valence-electron chi connectivity index (χ1n) is 4.85. The molecule has 0 amide bonds. The second-order valence-electron chi connectivity index (χ2n) is 3.36. The first-order chi connectivity index (χ1) is 8.15. The standard InChI is InChI=1S/C11H10ClFN2O2/c1-17-9-3-2-6(4-7(9)13)11-14-8(5-16)10(12)15-11/h2-4,16H,5H2,1H3,(H,14,15). The number of methoxy groups -OCH3 is 1. The molecule has 0 aliphatic heterocycles. The normalized spacial score (nSPS) is 10.6. The fourth-order valence-electron chi connectivity index (χ4n) is 1.44. The molecule has 0 fully saturated rings. The number of H-pyrrole nitrogens is 1. The quantitative estimate of drug-likeness (QED) is 0.886. The van der Waals surface area contributed by atoms with Crippen molar-refractivity contribution in [2.75, 3.05) is 7.11 Å². The van der Waals surface area contributed by atoms with Gasteiger partial charge in [-0.2, -0.15) is 0 Å². The van der Waals surface area contributed by atoms with E-state index < -0.39 is 5.82 Å². The maximum atomic E-state index is 13.5. The molecule has 0 bridgehead atoms. The van der Waals surface area contributed by atoms with Gasteiger partial charge in [0.15, 0.2) is 16.7 Å². The van der Waals surface area contributed by atoms with Crippen molar-refractivity contribution in [2.24, 2.45) is 0 Å². The molecule has 1 heterocycles. The number of nitrogens with zero attached hydrogens (tertiary/aromatic N) is 1. The number of rotatable bonds is 3. The molecule has 2 rings (SSSR count). The summed E-state index contributed by atoms with van der Waals surface area (Å²) in [7, 11) is 1.39. The zero-order valence-corrected chi connectivity index (χ0v) is 9.75. The molecule has 0 radical (unpaired) electrons. The van der Waals surface area contributed by atoms with Crippen LogP contribution in [-0.4, -0.2) is 22.2 Å². The van der Waals surface area contributed by atoms with Crippen molar-refractivity contribution in [2.45, 2.75) is 6.61 Å². The predicted molar refractivity (Wildman–Crippen MR) is 61.5 cm³/mol. The molecule has 1 aromatic carbocycles. The molecule has 1 aromatic heterocycles. The minimum absolute atomic E-state index is 0.161. The molecule has 0 saturated heterocycles. The van der Waals surface area contributed by atoms with E-state index in [1.54, 1.807) is 6.07 Å². The number of aliphatic hydroxyl groups is 1. The van der Waals surface area contributed by atoms with Crippen LogP contribution in [0.5, 0.6) is 5.75 Å². The van der Waals surface area contributed by atoms with E-state index >= 15 is 0 Å². The first-order valence-corrected chi connectivity index (χ1v) is 5.22. The van der Waals surface area contributed by atoms with Gasteiger partial charge in [-0.1, -0.05) is 11.6 Å². The van der Waals surface area contributed by atoms with Gasteiger partial charge in [0.25, 0.3) is 0 Å². The molecule has 0 aliphatic carbocycles. The van der Waals surface area contributed by atoms with Crippen LogP contribution in [0.15, 0.2) is 18.2 Å². The molecule has 2 aromatic rings. The molecule has 90 valence electrons. The van der Waals surface area contributed by atoms with Gasteiger partial charge in [0.05, 0.1) is 19.4 Å². The fourth-order valence-corrected chi connectivity index (χ4v) is 1.63. The molecule has 2 N–H and O–H groups in total. The number of benzene rings is 1. The minimum Gasteiger partial charge on any atom is -0.494 e. The molecule has 4 nitrogen and oxygen atoms in total. The third-order valence-corrected chi connectivity index (χ3v) is 2.62. The van der Waals surface area contributed by atoms with Gasteiger partial charge in [-0.15, -0.1) is 0 Å². The van der Waals surface area contributed by atoms with Crippen LogP contribution in [0.25, 0.3) is 11.4 Å². The Bertz CT molecular complexity index is 542. The lowest BCUT2D eigenvalue weighted by molar-refractivity contribution is 0.277. The Morgan fingerprint density at radius 1 is 1.53 bits per heavy atom. The fraction of sp³-hybridized carbons (Fsp3) is 0.182. The second-order valence-corrected chi connectivity index (χ2v) is 3.72. The Hall–Kier alpha value is -1.59. The summed E-state index contributed by atoms with van der Waals surface area (Å²) >= 11 is 5.77. The van der Waals surface area contributed by atoms with E-state index in [4.69, 9.17) is 21.4 Å². The summed E-state index contributed by atoms with van der Waals surface area (Å²) < 4.78 is 18.3. The van der Waals surface area contributed by atoms with Crippen molar-refractivity contribution in [3.63, 3.8) is 0 Å². The Morgan fingerprint density at radius 3 is 2.82 bits per heavy atom. The molecular weight excluding hydrogens is 247 g/mol. The summed E-state index contributed by atoms with van der Waals surface area (Å²) in [6.07, 6.45) is 0. The number of hydrogen-bond donors (Lipinski definition) is 2. The van der Waals surface area contributed by atoms with Crippen LogP contribution < -0.4 is 4.74 Å².